The van der Waals surface area contributed by atoms with Gasteiger partial charge in [0.05, 0.1) is 0 Å². The lowest BCUT2D eigenvalue weighted by Crippen LogP contribution is -2.53. The summed E-state index contributed by atoms with van der Waals surface area (Å²) in [6.07, 6.45) is 1.57. The Morgan fingerprint density at radius 1 is 1.09 bits per heavy atom. The molecule has 0 aliphatic carbocycles. The van der Waals surface area contributed by atoms with Gasteiger partial charge in [0.25, 0.3) is 5.91 Å². The van der Waals surface area contributed by atoms with Crippen molar-refractivity contribution in [2.24, 2.45) is 0 Å². The summed E-state index contributed by atoms with van der Waals surface area (Å²) < 4.78 is 0. The summed E-state index contributed by atoms with van der Waals surface area (Å²) in [5.41, 5.74) is 1.59. The minimum atomic E-state index is -0.229. The van der Waals surface area contributed by atoms with Gasteiger partial charge >= 0.3 is 6.03 Å². The molecule has 5 heteroatoms. The van der Waals surface area contributed by atoms with Gasteiger partial charge in [-0.05, 0) is 52.7 Å². The molecule has 1 aliphatic rings. The molecule has 126 valence electrons. The lowest BCUT2D eigenvalue weighted by molar-refractivity contribution is 0.0917. The van der Waals surface area contributed by atoms with E-state index in [-0.39, 0.29) is 23.5 Å². The average molecular weight is 317 g/mol. The van der Waals surface area contributed by atoms with Crippen LogP contribution in [0, 0.1) is 6.92 Å². The second-order valence-electron chi connectivity index (χ2n) is 7.28. The van der Waals surface area contributed by atoms with Crippen LogP contribution in [0.5, 0.6) is 0 Å². The van der Waals surface area contributed by atoms with E-state index in [9.17, 15) is 9.59 Å². The molecule has 2 rings (SSSR count). The maximum absolute atomic E-state index is 12.2. The van der Waals surface area contributed by atoms with Gasteiger partial charge in [0.15, 0.2) is 0 Å². The number of nitrogens with zero attached hydrogens (tertiary/aromatic N) is 1. The van der Waals surface area contributed by atoms with Crippen LogP contribution in [0.4, 0.5) is 4.79 Å². The molecule has 0 bridgehead atoms. The Morgan fingerprint density at radius 2 is 1.65 bits per heavy atom. The van der Waals surface area contributed by atoms with Gasteiger partial charge in [0.1, 0.15) is 0 Å². The lowest BCUT2D eigenvalue weighted by Gasteiger charge is -2.34. The van der Waals surface area contributed by atoms with Crippen molar-refractivity contribution in [3.05, 3.63) is 35.4 Å². The first-order chi connectivity index (χ1) is 10.7. The van der Waals surface area contributed by atoms with Crippen LogP contribution in [-0.4, -0.2) is 41.5 Å². The van der Waals surface area contributed by atoms with Gasteiger partial charge in [0, 0.05) is 30.2 Å². The highest BCUT2D eigenvalue weighted by atomic mass is 16.2. The summed E-state index contributed by atoms with van der Waals surface area (Å²) in [5, 5.41) is 6.04. The van der Waals surface area contributed by atoms with Crippen LogP contribution in [-0.2, 0) is 0 Å². The normalized spacial score (nSPS) is 16.1. The highest BCUT2D eigenvalue weighted by molar-refractivity contribution is 5.94. The van der Waals surface area contributed by atoms with E-state index >= 15 is 0 Å². The Kier molecular flexibility index (Phi) is 5.29. The molecule has 2 N–H and O–H groups in total. The maximum Gasteiger partial charge on any atom is 0.317 e. The molecule has 0 atom stereocenters. The number of piperidine rings is 1. The zero-order valence-electron chi connectivity index (χ0n) is 14.5. The first-order valence-corrected chi connectivity index (χ1v) is 8.19. The van der Waals surface area contributed by atoms with E-state index in [4.69, 9.17) is 0 Å². The molecule has 1 aromatic rings. The summed E-state index contributed by atoms with van der Waals surface area (Å²) in [7, 11) is 0. The Bertz CT molecular complexity index is 553. The molecular formula is C18H27N3O2. The van der Waals surface area contributed by atoms with Gasteiger partial charge in [-0.1, -0.05) is 17.7 Å². The molecule has 5 nitrogen and oxygen atoms in total. The van der Waals surface area contributed by atoms with Gasteiger partial charge in [-0.15, -0.1) is 0 Å². The fourth-order valence-electron chi connectivity index (χ4n) is 2.60. The molecular weight excluding hydrogens is 290 g/mol. The number of rotatable bonds is 2. The van der Waals surface area contributed by atoms with E-state index < -0.39 is 0 Å². The van der Waals surface area contributed by atoms with Gasteiger partial charge in [-0.3, -0.25) is 4.79 Å². The minimum absolute atomic E-state index is 0.0270. The predicted octanol–water partition coefficient (Wildman–Crippen LogP) is 2.70. The second-order valence-corrected chi connectivity index (χ2v) is 7.28. The van der Waals surface area contributed by atoms with Crippen molar-refractivity contribution in [1.82, 2.24) is 15.5 Å². The Hall–Kier alpha value is -2.04. The minimum Gasteiger partial charge on any atom is -0.349 e. The zero-order chi connectivity index (χ0) is 17.0. The molecule has 1 saturated heterocycles. The molecule has 0 saturated carbocycles. The maximum atomic E-state index is 12.2. The van der Waals surface area contributed by atoms with Crippen molar-refractivity contribution in [1.29, 1.82) is 0 Å². The number of nitrogens with one attached hydrogen (secondary N) is 2. The number of likely N-dealkylation sites (tertiary alicyclic amines) is 1. The molecule has 0 radical (unpaired) electrons. The number of hydrogen-bond acceptors (Lipinski definition) is 2. The Balaban J connectivity index is 1.81. The summed E-state index contributed by atoms with van der Waals surface area (Å²) >= 11 is 0. The van der Waals surface area contributed by atoms with E-state index in [0.29, 0.717) is 18.7 Å². The molecule has 0 unspecified atom stereocenters. The van der Waals surface area contributed by atoms with Crippen LogP contribution in [0.25, 0.3) is 0 Å². The third kappa shape index (κ3) is 5.27. The molecule has 23 heavy (non-hydrogen) atoms. The van der Waals surface area contributed by atoms with Crippen molar-refractivity contribution in [3.63, 3.8) is 0 Å². The molecule has 0 spiro atoms. The summed E-state index contributed by atoms with van der Waals surface area (Å²) in [6, 6.07) is 7.67. The number of urea groups is 1. The van der Waals surface area contributed by atoms with Gasteiger partial charge in [-0.25, -0.2) is 4.79 Å². The van der Waals surface area contributed by atoms with E-state index in [1.165, 1.54) is 0 Å². The fraction of sp³-hybridized carbons (Fsp3) is 0.556. The Morgan fingerprint density at radius 3 is 2.17 bits per heavy atom. The van der Waals surface area contributed by atoms with Crippen molar-refractivity contribution in [2.75, 3.05) is 13.1 Å². The highest BCUT2D eigenvalue weighted by Crippen LogP contribution is 2.13. The number of amides is 3. The molecule has 1 aromatic carbocycles. The van der Waals surface area contributed by atoms with Gasteiger partial charge < -0.3 is 15.5 Å². The van der Waals surface area contributed by atoms with Gasteiger partial charge in [-0.2, -0.15) is 0 Å². The number of carbonyl (C=O) groups is 2. The average Bonchev–Trinajstić information content (AvgIpc) is 2.46. The third-order valence-electron chi connectivity index (χ3n) is 3.91. The predicted molar refractivity (Wildman–Crippen MR) is 91.5 cm³/mol. The van der Waals surface area contributed by atoms with E-state index in [0.717, 1.165) is 18.4 Å². The molecule has 1 heterocycles. The second kappa shape index (κ2) is 7.02. The number of carbonyl (C=O) groups excluding carboxylic acids is 2. The third-order valence-corrected chi connectivity index (χ3v) is 3.91. The van der Waals surface area contributed by atoms with Crippen molar-refractivity contribution in [2.45, 2.75) is 52.1 Å². The van der Waals surface area contributed by atoms with Crippen LogP contribution in [0.3, 0.4) is 0 Å². The molecule has 1 aliphatic heterocycles. The standard InChI is InChI=1S/C18H27N3O2/c1-13-5-7-14(8-6-13)16(22)19-15-9-11-21(12-10-15)17(23)20-18(2,3)4/h5-8,15H,9-12H2,1-4H3,(H,19,22)(H,20,23). The van der Waals surface area contributed by atoms with Crippen LogP contribution < -0.4 is 10.6 Å². The van der Waals surface area contributed by atoms with Crippen molar-refractivity contribution >= 4 is 11.9 Å². The zero-order valence-corrected chi connectivity index (χ0v) is 14.5. The fourth-order valence-corrected chi connectivity index (χ4v) is 2.60. The lowest BCUT2D eigenvalue weighted by atomic mass is 10.0. The van der Waals surface area contributed by atoms with Crippen LogP contribution in [0.15, 0.2) is 24.3 Å². The van der Waals surface area contributed by atoms with Crippen molar-refractivity contribution < 1.29 is 9.59 Å². The Labute approximate surface area is 138 Å². The number of hydrogen-bond donors (Lipinski definition) is 2. The largest absolute Gasteiger partial charge is 0.349 e. The summed E-state index contributed by atoms with van der Waals surface area (Å²) in [5.74, 6) is -0.0393. The van der Waals surface area contributed by atoms with Crippen LogP contribution in [0.1, 0.15) is 49.5 Å². The number of aryl methyl sites for hydroxylation is 1. The van der Waals surface area contributed by atoms with Gasteiger partial charge in [0.2, 0.25) is 0 Å². The number of benzene rings is 1. The van der Waals surface area contributed by atoms with E-state index in [1.807, 2.05) is 56.9 Å². The monoisotopic (exact) mass is 317 g/mol. The topological polar surface area (TPSA) is 61.4 Å². The summed E-state index contributed by atoms with van der Waals surface area (Å²) in [4.78, 5) is 26.2. The smallest absolute Gasteiger partial charge is 0.317 e. The summed E-state index contributed by atoms with van der Waals surface area (Å²) in [6.45, 7) is 9.25. The molecule has 3 amide bonds. The van der Waals surface area contributed by atoms with E-state index in [2.05, 4.69) is 10.6 Å². The first kappa shape index (κ1) is 17.3. The molecule has 0 aromatic heterocycles. The van der Waals surface area contributed by atoms with Crippen LogP contribution in [0.2, 0.25) is 0 Å². The van der Waals surface area contributed by atoms with E-state index in [1.54, 1.807) is 0 Å². The quantitative estimate of drug-likeness (QED) is 0.881. The first-order valence-electron chi connectivity index (χ1n) is 8.19. The van der Waals surface area contributed by atoms with Crippen LogP contribution >= 0.6 is 0 Å². The molecule has 1 fully saturated rings. The van der Waals surface area contributed by atoms with Crippen molar-refractivity contribution in [3.8, 4) is 0 Å². The SMILES string of the molecule is Cc1ccc(C(=O)NC2CCN(C(=O)NC(C)(C)C)CC2)cc1. The highest BCUT2D eigenvalue weighted by Gasteiger charge is 2.26.